The summed E-state index contributed by atoms with van der Waals surface area (Å²) in [6, 6.07) is 7.54. The van der Waals surface area contributed by atoms with Crippen LogP contribution in [0.4, 0.5) is 0 Å². The van der Waals surface area contributed by atoms with E-state index < -0.39 is 5.97 Å². The van der Waals surface area contributed by atoms with Gasteiger partial charge in [-0.15, -0.1) is 0 Å². The minimum absolute atomic E-state index is 0.0518. The van der Waals surface area contributed by atoms with Gasteiger partial charge in [0, 0.05) is 5.56 Å². The topological polar surface area (TPSA) is 59.3 Å². The molecule has 0 saturated carbocycles. The van der Waals surface area contributed by atoms with Crippen LogP contribution < -0.4 is 4.74 Å². The van der Waals surface area contributed by atoms with Crippen molar-refractivity contribution in [3.63, 3.8) is 0 Å². The van der Waals surface area contributed by atoms with Gasteiger partial charge in [0.15, 0.2) is 0 Å². The van der Waals surface area contributed by atoms with Gasteiger partial charge in [0.2, 0.25) is 0 Å². The van der Waals surface area contributed by atoms with Gasteiger partial charge in [0.05, 0.1) is 14.2 Å². The quantitative estimate of drug-likeness (QED) is 0.463. The van der Waals surface area contributed by atoms with Gasteiger partial charge in [-0.1, -0.05) is 25.5 Å². The average Bonchev–Trinajstić information content (AvgIpc) is 2.45. The van der Waals surface area contributed by atoms with E-state index >= 15 is 0 Å². The van der Waals surface area contributed by atoms with E-state index in [9.17, 15) is 4.79 Å². The van der Waals surface area contributed by atoms with Crippen molar-refractivity contribution < 1.29 is 14.3 Å². The molecule has 4 nitrogen and oxygen atoms in total. The summed E-state index contributed by atoms with van der Waals surface area (Å²) < 4.78 is 9.83. The Morgan fingerprint density at radius 2 is 2.16 bits per heavy atom. The first-order chi connectivity index (χ1) is 9.15. The highest BCUT2D eigenvalue weighted by Gasteiger charge is 2.10. The number of rotatable bonds is 5. The molecule has 0 saturated heterocycles. The van der Waals surface area contributed by atoms with Gasteiger partial charge in [-0.25, -0.2) is 4.79 Å². The standard InChI is InChI=1S/C15H17NO3/c1-4-5-11-6-7-12(14(8-11)18-2)9-13(10-16)15(17)19-3/h6-9H,4-5H2,1-3H3. The summed E-state index contributed by atoms with van der Waals surface area (Å²) in [6.07, 6.45) is 3.48. The molecular weight excluding hydrogens is 242 g/mol. The third kappa shape index (κ3) is 3.85. The van der Waals surface area contributed by atoms with Crippen LogP contribution in [0.2, 0.25) is 0 Å². The monoisotopic (exact) mass is 259 g/mol. The summed E-state index contributed by atoms with van der Waals surface area (Å²) in [4.78, 5) is 11.4. The first-order valence-corrected chi connectivity index (χ1v) is 6.03. The van der Waals surface area contributed by atoms with E-state index in [1.807, 2.05) is 24.3 Å². The highest BCUT2D eigenvalue weighted by atomic mass is 16.5. The fraction of sp³-hybridized carbons (Fsp3) is 0.333. The summed E-state index contributed by atoms with van der Waals surface area (Å²) in [6.45, 7) is 2.10. The summed E-state index contributed by atoms with van der Waals surface area (Å²) in [7, 11) is 2.81. The third-order valence-electron chi connectivity index (χ3n) is 2.66. The molecule has 0 bridgehead atoms. The number of carbonyl (C=O) groups excluding carboxylic acids is 1. The maximum atomic E-state index is 11.4. The fourth-order valence-corrected chi connectivity index (χ4v) is 1.72. The van der Waals surface area contributed by atoms with Crippen molar-refractivity contribution in [1.29, 1.82) is 5.26 Å². The number of esters is 1. The SMILES string of the molecule is CCCc1ccc(C=C(C#N)C(=O)OC)c(OC)c1. The Balaban J connectivity index is 3.16. The zero-order valence-electron chi connectivity index (χ0n) is 11.4. The van der Waals surface area contributed by atoms with E-state index in [1.165, 1.54) is 13.2 Å². The molecule has 0 aliphatic carbocycles. The summed E-state index contributed by atoms with van der Waals surface area (Å²) in [5, 5.41) is 8.93. The summed E-state index contributed by atoms with van der Waals surface area (Å²) >= 11 is 0. The van der Waals surface area contributed by atoms with Crippen molar-refractivity contribution >= 4 is 12.0 Å². The van der Waals surface area contributed by atoms with E-state index in [2.05, 4.69) is 11.7 Å². The average molecular weight is 259 g/mol. The van der Waals surface area contributed by atoms with Crippen molar-refractivity contribution in [1.82, 2.24) is 0 Å². The molecule has 0 aliphatic rings. The zero-order chi connectivity index (χ0) is 14.3. The molecule has 1 aromatic carbocycles. The predicted octanol–water partition coefficient (Wildman–Crippen LogP) is 2.73. The van der Waals surface area contributed by atoms with Crippen LogP contribution in [0.3, 0.4) is 0 Å². The normalized spacial score (nSPS) is 10.7. The van der Waals surface area contributed by atoms with Crippen molar-refractivity contribution in [2.75, 3.05) is 14.2 Å². The minimum atomic E-state index is -0.651. The van der Waals surface area contributed by atoms with Gasteiger partial charge >= 0.3 is 5.97 Å². The van der Waals surface area contributed by atoms with Gasteiger partial charge in [-0.05, 0) is 24.1 Å². The van der Waals surface area contributed by atoms with E-state index in [0.29, 0.717) is 11.3 Å². The molecule has 0 unspecified atom stereocenters. The molecule has 4 heteroatoms. The summed E-state index contributed by atoms with van der Waals surface area (Å²) in [5.74, 6) is -0.00945. The Kier molecular flexibility index (Phi) is 5.62. The molecule has 19 heavy (non-hydrogen) atoms. The summed E-state index contributed by atoms with van der Waals surface area (Å²) in [5.41, 5.74) is 1.79. The lowest BCUT2D eigenvalue weighted by Gasteiger charge is -2.08. The van der Waals surface area contributed by atoms with Crippen LogP contribution in [0.1, 0.15) is 24.5 Å². The first-order valence-electron chi connectivity index (χ1n) is 6.03. The smallest absolute Gasteiger partial charge is 0.348 e. The second kappa shape index (κ2) is 7.22. The van der Waals surface area contributed by atoms with E-state index in [4.69, 9.17) is 10.00 Å². The minimum Gasteiger partial charge on any atom is -0.496 e. The first kappa shape index (κ1) is 14.8. The molecule has 0 amide bonds. The molecule has 0 atom stereocenters. The number of hydrogen-bond acceptors (Lipinski definition) is 4. The highest BCUT2D eigenvalue weighted by molar-refractivity contribution is 5.98. The van der Waals surface area contributed by atoms with E-state index in [-0.39, 0.29) is 5.57 Å². The molecule has 0 fully saturated rings. The van der Waals surface area contributed by atoms with Gasteiger partial charge < -0.3 is 9.47 Å². The van der Waals surface area contributed by atoms with Crippen LogP contribution in [-0.4, -0.2) is 20.2 Å². The van der Waals surface area contributed by atoms with Gasteiger partial charge in [0.25, 0.3) is 0 Å². The third-order valence-corrected chi connectivity index (χ3v) is 2.66. The van der Waals surface area contributed by atoms with Gasteiger partial charge in [-0.3, -0.25) is 0 Å². The second-order valence-corrected chi connectivity index (χ2v) is 3.99. The van der Waals surface area contributed by atoms with E-state index in [0.717, 1.165) is 18.4 Å². The number of methoxy groups -OCH3 is 2. The lowest BCUT2D eigenvalue weighted by atomic mass is 10.0. The van der Waals surface area contributed by atoms with Gasteiger partial charge in [-0.2, -0.15) is 5.26 Å². The maximum absolute atomic E-state index is 11.4. The van der Waals surface area contributed by atoms with Crippen LogP contribution in [0, 0.1) is 11.3 Å². The van der Waals surface area contributed by atoms with Crippen molar-refractivity contribution in [3.05, 3.63) is 34.9 Å². The molecule has 0 spiro atoms. The number of nitrogens with zero attached hydrogens (tertiary/aromatic N) is 1. The largest absolute Gasteiger partial charge is 0.496 e. The zero-order valence-corrected chi connectivity index (χ0v) is 11.4. The highest BCUT2D eigenvalue weighted by Crippen LogP contribution is 2.23. The van der Waals surface area contributed by atoms with Crippen LogP contribution in [-0.2, 0) is 16.0 Å². The number of benzene rings is 1. The molecule has 0 aromatic heterocycles. The van der Waals surface area contributed by atoms with Crippen molar-refractivity contribution in [2.24, 2.45) is 0 Å². The number of aryl methyl sites for hydroxylation is 1. The van der Waals surface area contributed by atoms with Crippen LogP contribution >= 0.6 is 0 Å². The van der Waals surface area contributed by atoms with Crippen molar-refractivity contribution in [2.45, 2.75) is 19.8 Å². The Labute approximate surface area is 113 Å². The molecular formula is C15H17NO3. The van der Waals surface area contributed by atoms with Crippen molar-refractivity contribution in [3.8, 4) is 11.8 Å². The van der Waals surface area contributed by atoms with E-state index in [1.54, 1.807) is 7.11 Å². The maximum Gasteiger partial charge on any atom is 0.348 e. The van der Waals surface area contributed by atoms with Crippen LogP contribution in [0.5, 0.6) is 5.75 Å². The predicted molar refractivity (Wildman–Crippen MR) is 72.6 cm³/mol. The second-order valence-electron chi connectivity index (χ2n) is 3.99. The fourth-order valence-electron chi connectivity index (χ4n) is 1.72. The lowest BCUT2D eigenvalue weighted by Crippen LogP contribution is -2.03. The Hall–Kier alpha value is -2.28. The molecule has 100 valence electrons. The Bertz CT molecular complexity index is 527. The lowest BCUT2D eigenvalue weighted by molar-refractivity contribution is -0.135. The number of hydrogen-bond donors (Lipinski definition) is 0. The number of ether oxygens (including phenoxy) is 2. The number of carbonyl (C=O) groups is 1. The Morgan fingerprint density at radius 1 is 1.42 bits per heavy atom. The molecule has 1 rings (SSSR count). The molecule has 0 N–H and O–H groups in total. The van der Waals surface area contributed by atoms with Crippen LogP contribution in [0.25, 0.3) is 6.08 Å². The van der Waals surface area contributed by atoms with Crippen LogP contribution in [0.15, 0.2) is 23.8 Å². The Morgan fingerprint density at radius 3 is 2.68 bits per heavy atom. The van der Waals surface area contributed by atoms with Gasteiger partial charge in [0.1, 0.15) is 17.4 Å². The molecule has 0 radical (unpaired) electrons. The molecule has 0 heterocycles. The molecule has 0 aliphatic heterocycles. The number of nitriles is 1. The molecule has 1 aromatic rings.